The third-order valence-corrected chi connectivity index (χ3v) is 7.64. The second kappa shape index (κ2) is 9.37. The number of carbonyl (C=O) groups is 1. The number of halogens is 2. The Kier molecular flexibility index (Phi) is 7.09. The van der Waals surface area contributed by atoms with E-state index in [1.165, 1.54) is 0 Å². The lowest BCUT2D eigenvalue weighted by Crippen LogP contribution is -2.45. The highest BCUT2D eigenvalue weighted by Gasteiger charge is 2.21. The molecule has 0 atom stereocenters. The van der Waals surface area contributed by atoms with Crippen LogP contribution in [-0.2, 0) is 21.1 Å². The van der Waals surface area contributed by atoms with E-state index in [0.29, 0.717) is 14.9 Å². The number of hydrogen-bond donors (Lipinski definition) is 1. The van der Waals surface area contributed by atoms with Crippen LogP contribution in [0.25, 0.3) is 0 Å². The van der Waals surface area contributed by atoms with E-state index < -0.39 is 9.84 Å². The largest absolute Gasteiger partial charge is 0.371 e. The van der Waals surface area contributed by atoms with Gasteiger partial charge in [0.05, 0.1) is 27.1 Å². The Morgan fingerprint density at radius 1 is 1.07 bits per heavy atom. The molecule has 1 N–H and O–H groups in total. The van der Waals surface area contributed by atoms with Crippen molar-refractivity contribution in [1.29, 1.82) is 0 Å². The normalized spacial score (nSPS) is 15.3. The maximum absolute atomic E-state index is 12.3. The molecule has 0 radical (unpaired) electrons. The molecule has 1 saturated heterocycles. The highest BCUT2D eigenvalue weighted by atomic mass is 35.5. The Labute approximate surface area is 181 Å². The number of hydrogen-bond acceptors (Lipinski definition) is 4. The summed E-state index contributed by atoms with van der Waals surface area (Å²) in [5.74, 6) is 0.0654. The summed E-state index contributed by atoms with van der Waals surface area (Å²) in [6, 6.07) is 12.4. The van der Waals surface area contributed by atoms with Crippen LogP contribution in [0.3, 0.4) is 0 Å². The van der Waals surface area contributed by atoms with Crippen molar-refractivity contribution in [1.82, 2.24) is 5.32 Å². The molecule has 156 valence electrons. The fourth-order valence-electron chi connectivity index (χ4n) is 3.43. The molecule has 1 heterocycles. The molecule has 1 fully saturated rings. The molecule has 0 bridgehead atoms. The van der Waals surface area contributed by atoms with Gasteiger partial charge in [0.25, 0.3) is 0 Å². The number of rotatable bonds is 6. The summed E-state index contributed by atoms with van der Waals surface area (Å²) in [4.78, 5) is 14.9. The summed E-state index contributed by atoms with van der Waals surface area (Å²) in [6.07, 6.45) is 1.94. The number of carbonyl (C=O) groups excluding carboxylic acids is 1. The van der Waals surface area contributed by atoms with Crippen molar-refractivity contribution in [2.75, 3.05) is 23.7 Å². The van der Waals surface area contributed by atoms with E-state index in [9.17, 15) is 13.2 Å². The van der Waals surface area contributed by atoms with E-state index in [4.69, 9.17) is 23.2 Å². The Morgan fingerprint density at radius 2 is 1.72 bits per heavy atom. The van der Waals surface area contributed by atoms with Crippen LogP contribution in [0.4, 0.5) is 5.69 Å². The van der Waals surface area contributed by atoms with Gasteiger partial charge < -0.3 is 10.2 Å². The van der Waals surface area contributed by atoms with Gasteiger partial charge in [-0.25, -0.2) is 8.42 Å². The lowest BCUT2D eigenvalue weighted by atomic mass is 10.0. The topological polar surface area (TPSA) is 66.5 Å². The van der Waals surface area contributed by atoms with Crippen LogP contribution in [0.5, 0.6) is 0 Å². The van der Waals surface area contributed by atoms with E-state index >= 15 is 0 Å². The van der Waals surface area contributed by atoms with Crippen LogP contribution in [-0.4, -0.2) is 39.2 Å². The lowest BCUT2D eigenvalue weighted by Gasteiger charge is -2.34. The molecule has 29 heavy (non-hydrogen) atoms. The smallest absolute Gasteiger partial charge is 0.224 e. The summed E-state index contributed by atoms with van der Waals surface area (Å²) in [5, 5.41) is 4.01. The number of piperidine rings is 1. The number of nitrogens with zero attached hydrogens (tertiary/aromatic N) is 1. The van der Waals surface area contributed by atoms with Crippen LogP contribution < -0.4 is 10.2 Å². The van der Waals surface area contributed by atoms with Gasteiger partial charge in [-0.2, -0.15) is 0 Å². The molecule has 3 rings (SSSR count). The average Bonchev–Trinajstić information content (AvgIpc) is 2.71. The summed E-state index contributed by atoms with van der Waals surface area (Å²) < 4.78 is 23.9. The molecular formula is C21H24Cl2N2O3S. The molecular weight excluding hydrogens is 431 g/mol. The zero-order valence-electron chi connectivity index (χ0n) is 16.2. The zero-order chi connectivity index (χ0) is 21.0. The highest BCUT2D eigenvalue weighted by Crippen LogP contribution is 2.24. The molecule has 1 aliphatic heterocycles. The van der Waals surface area contributed by atoms with Gasteiger partial charge in [-0.3, -0.25) is 4.79 Å². The van der Waals surface area contributed by atoms with Crippen LogP contribution in [0, 0.1) is 0 Å². The van der Waals surface area contributed by atoms with Gasteiger partial charge in [0, 0.05) is 24.8 Å². The fourth-order valence-corrected chi connectivity index (χ4v) is 4.63. The van der Waals surface area contributed by atoms with E-state index in [0.717, 1.165) is 37.2 Å². The molecule has 0 aliphatic carbocycles. The van der Waals surface area contributed by atoms with Crippen molar-refractivity contribution in [3.8, 4) is 0 Å². The first-order chi connectivity index (χ1) is 13.8. The van der Waals surface area contributed by atoms with E-state index in [2.05, 4.69) is 10.2 Å². The second-order valence-corrected chi connectivity index (χ2v) is 10.2. The Morgan fingerprint density at radius 3 is 2.31 bits per heavy atom. The number of anilines is 1. The molecule has 2 aromatic carbocycles. The van der Waals surface area contributed by atoms with Crippen LogP contribution in [0.15, 0.2) is 47.4 Å². The molecule has 0 unspecified atom stereocenters. The number of nitrogens with one attached hydrogen (secondary N) is 1. The number of sulfone groups is 1. The first-order valence-electron chi connectivity index (χ1n) is 9.59. The monoisotopic (exact) mass is 454 g/mol. The molecule has 5 nitrogen and oxygen atoms in total. The second-order valence-electron chi connectivity index (χ2n) is 7.15. The van der Waals surface area contributed by atoms with Gasteiger partial charge in [-0.1, -0.05) is 36.2 Å². The third-order valence-electron chi connectivity index (χ3n) is 5.15. The van der Waals surface area contributed by atoms with Crippen LogP contribution >= 0.6 is 23.2 Å². The summed E-state index contributed by atoms with van der Waals surface area (Å²) >= 11 is 11.9. The van der Waals surface area contributed by atoms with E-state index in [-0.39, 0.29) is 24.1 Å². The predicted molar refractivity (Wildman–Crippen MR) is 118 cm³/mol. The molecule has 0 aromatic heterocycles. The van der Waals surface area contributed by atoms with Crippen molar-refractivity contribution in [2.45, 2.75) is 37.1 Å². The van der Waals surface area contributed by atoms with Crippen molar-refractivity contribution in [3.63, 3.8) is 0 Å². The van der Waals surface area contributed by atoms with Gasteiger partial charge in [-0.15, -0.1) is 0 Å². The SMILES string of the molecule is CCS(=O)(=O)c1ccc(N2CCC(NC(=O)Cc3ccc(Cl)c(Cl)c3)CC2)cc1. The van der Waals surface area contributed by atoms with Crippen molar-refractivity contribution in [2.24, 2.45) is 0 Å². The van der Waals surface area contributed by atoms with Crippen LogP contribution in [0.1, 0.15) is 25.3 Å². The van der Waals surface area contributed by atoms with Gasteiger partial charge in [0.15, 0.2) is 9.84 Å². The Balaban J connectivity index is 1.51. The zero-order valence-corrected chi connectivity index (χ0v) is 18.5. The van der Waals surface area contributed by atoms with E-state index in [1.807, 2.05) is 12.1 Å². The van der Waals surface area contributed by atoms with Gasteiger partial charge in [-0.05, 0) is 54.8 Å². The average molecular weight is 455 g/mol. The summed E-state index contributed by atoms with van der Waals surface area (Å²) in [5.41, 5.74) is 1.83. The third kappa shape index (κ3) is 5.65. The molecule has 1 amide bonds. The lowest BCUT2D eigenvalue weighted by molar-refractivity contribution is -0.121. The van der Waals surface area contributed by atoms with E-state index in [1.54, 1.807) is 37.3 Å². The quantitative estimate of drug-likeness (QED) is 0.712. The fraction of sp³-hybridized carbons (Fsp3) is 0.381. The predicted octanol–water partition coefficient (Wildman–Crippen LogP) is 4.11. The van der Waals surface area contributed by atoms with Crippen molar-refractivity contribution in [3.05, 3.63) is 58.1 Å². The van der Waals surface area contributed by atoms with Gasteiger partial charge in [0.1, 0.15) is 0 Å². The molecule has 8 heteroatoms. The van der Waals surface area contributed by atoms with Gasteiger partial charge >= 0.3 is 0 Å². The van der Waals surface area contributed by atoms with Gasteiger partial charge in [0.2, 0.25) is 5.91 Å². The van der Waals surface area contributed by atoms with Crippen LogP contribution in [0.2, 0.25) is 10.0 Å². The molecule has 1 aliphatic rings. The Hall–Kier alpha value is -1.76. The summed E-state index contributed by atoms with van der Waals surface area (Å²) in [6.45, 7) is 3.25. The molecule has 0 spiro atoms. The first-order valence-corrected chi connectivity index (χ1v) is 12.0. The van der Waals surface area contributed by atoms with Crippen molar-refractivity contribution < 1.29 is 13.2 Å². The maximum atomic E-state index is 12.3. The number of amides is 1. The standard InChI is InChI=1S/C21H24Cl2N2O3S/c1-2-29(27,28)18-6-4-17(5-7-18)25-11-9-16(10-12-25)24-21(26)14-15-3-8-19(22)20(23)13-15/h3-8,13,16H,2,9-12,14H2,1H3,(H,24,26). The van der Waals surface area contributed by atoms with Crippen molar-refractivity contribution >= 4 is 44.6 Å². The minimum Gasteiger partial charge on any atom is -0.371 e. The first kappa shape index (κ1) is 21.9. The molecule has 0 saturated carbocycles. The minimum atomic E-state index is -3.18. The summed E-state index contributed by atoms with van der Waals surface area (Å²) in [7, 11) is -3.18. The number of benzene rings is 2. The molecule has 2 aromatic rings. The minimum absolute atomic E-state index is 0.0315. The Bertz CT molecular complexity index is 970. The highest BCUT2D eigenvalue weighted by molar-refractivity contribution is 7.91. The maximum Gasteiger partial charge on any atom is 0.224 e.